The van der Waals surface area contributed by atoms with E-state index in [4.69, 9.17) is 0 Å². The van der Waals surface area contributed by atoms with Crippen LogP contribution in [0.2, 0.25) is 0 Å². The molecule has 3 heterocycles. The molecule has 0 aliphatic carbocycles. The second-order valence-corrected chi connectivity index (χ2v) is 9.73. The maximum Gasteiger partial charge on any atom is 0.266 e. The zero-order valence-corrected chi connectivity index (χ0v) is 18.3. The number of hydrogen-bond donors (Lipinski definition) is 2. The normalized spacial score (nSPS) is 15.3. The zero-order chi connectivity index (χ0) is 22.2. The minimum Gasteiger partial charge on any atom is -0.326 e. The molecule has 0 atom stereocenters. The summed E-state index contributed by atoms with van der Waals surface area (Å²) in [7, 11) is -3.51. The molecule has 1 fully saturated rings. The molecule has 1 aliphatic heterocycles. The van der Waals surface area contributed by atoms with E-state index in [2.05, 4.69) is 15.4 Å². The molecule has 1 aromatic carbocycles. The average molecular weight is 444 g/mol. The minimum absolute atomic E-state index is 0.0780. The summed E-state index contributed by atoms with van der Waals surface area (Å²) < 4.78 is 28.6. The number of H-pyrrole nitrogens is 1. The van der Waals surface area contributed by atoms with Crippen LogP contribution in [0.5, 0.6) is 0 Å². The number of aromatic nitrogens is 3. The fourth-order valence-corrected chi connectivity index (χ4v) is 5.46. The molecule has 10 heteroatoms. The van der Waals surface area contributed by atoms with Crippen molar-refractivity contribution in [2.24, 2.45) is 0 Å². The molecule has 1 aliphatic rings. The minimum atomic E-state index is -3.51. The number of nitrogens with one attached hydrogen (secondary N) is 2. The molecule has 31 heavy (non-hydrogen) atoms. The van der Waals surface area contributed by atoms with Crippen molar-refractivity contribution in [2.75, 3.05) is 18.4 Å². The van der Waals surface area contributed by atoms with Crippen LogP contribution in [0.15, 0.2) is 40.0 Å². The Kier molecular flexibility index (Phi) is 5.67. The number of carbonyl (C=O) groups is 1. The largest absolute Gasteiger partial charge is 0.326 e. The van der Waals surface area contributed by atoms with Crippen LogP contribution in [0.1, 0.15) is 36.2 Å². The van der Waals surface area contributed by atoms with Gasteiger partial charge in [-0.05, 0) is 51.0 Å². The van der Waals surface area contributed by atoms with Gasteiger partial charge in [-0.25, -0.2) is 17.9 Å². The van der Waals surface area contributed by atoms with Crippen molar-refractivity contribution in [3.8, 4) is 0 Å². The van der Waals surface area contributed by atoms with E-state index in [9.17, 15) is 18.0 Å². The number of benzene rings is 1. The lowest BCUT2D eigenvalue weighted by atomic mass is 10.1. The van der Waals surface area contributed by atoms with Crippen molar-refractivity contribution in [2.45, 2.75) is 44.4 Å². The van der Waals surface area contributed by atoms with E-state index in [1.807, 2.05) is 6.92 Å². The Morgan fingerprint density at radius 3 is 2.48 bits per heavy atom. The topological polar surface area (TPSA) is 117 Å². The maximum absolute atomic E-state index is 12.7. The Hall–Kier alpha value is -2.98. The maximum atomic E-state index is 12.7. The third-order valence-electron chi connectivity index (χ3n) is 5.63. The molecule has 4 rings (SSSR count). The Bertz CT molecular complexity index is 1290. The van der Waals surface area contributed by atoms with E-state index >= 15 is 0 Å². The number of rotatable bonds is 5. The van der Waals surface area contributed by atoms with E-state index in [0.717, 1.165) is 30.5 Å². The Morgan fingerprint density at radius 1 is 1.13 bits per heavy atom. The lowest BCUT2D eigenvalue weighted by Gasteiger charge is -2.25. The number of aromatic amines is 1. The molecule has 9 nitrogen and oxygen atoms in total. The predicted molar refractivity (Wildman–Crippen MR) is 117 cm³/mol. The first-order chi connectivity index (χ1) is 14.8. The number of nitrogens with zero attached hydrogens (tertiary/aromatic N) is 3. The van der Waals surface area contributed by atoms with E-state index in [1.165, 1.54) is 22.5 Å². The van der Waals surface area contributed by atoms with E-state index < -0.39 is 10.0 Å². The molecule has 2 N–H and O–H groups in total. The summed E-state index contributed by atoms with van der Waals surface area (Å²) in [6.45, 7) is 4.71. The second kappa shape index (κ2) is 8.27. The monoisotopic (exact) mass is 443 g/mol. The van der Waals surface area contributed by atoms with Crippen LogP contribution in [0.4, 0.5) is 5.69 Å². The highest BCUT2D eigenvalue weighted by molar-refractivity contribution is 7.89. The Morgan fingerprint density at radius 2 is 1.81 bits per heavy atom. The molecule has 1 saturated heterocycles. The van der Waals surface area contributed by atoms with Gasteiger partial charge in [-0.1, -0.05) is 6.42 Å². The first-order valence-corrected chi connectivity index (χ1v) is 11.7. The van der Waals surface area contributed by atoms with Gasteiger partial charge in [0, 0.05) is 41.8 Å². The van der Waals surface area contributed by atoms with Crippen molar-refractivity contribution in [3.05, 3.63) is 57.6 Å². The summed E-state index contributed by atoms with van der Waals surface area (Å²) in [5, 5.41) is 5.47. The molecule has 0 radical (unpaired) electrons. The molecule has 2 aromatic heterocycles. The van der Waals surface area contributed by atoms with Gasteiger partial charge in [0.25, 0.3) is 5.56 Å². The van der Waals surface area contributed by atoms with Gasteiger partial charge in [0.15, 0.2) is 5.65 Å². The van der Waals surface area contributed by atoms with Gasteiger partial charge in [0.1, 0.15) is 0 Å². The van der Waals surface area contributed by atoms with Gasteiger partial charge in [-0.3, -0.25) is 14.7 Å². The summed E-state index contributed by atoms with van der Waals surface area (Å²) in [6.07, 6.45) is 2.89. The van der Waals surface area contributed by atoms with Crippen LogP contribution >= 0.6 is 0 Å². The first kappa shape index (κ1) is 21.3. The van der Waals surface area contributed by atoms with E-state index in [0.29, 0.717) is 30.1 Å². The van der Waals surface area contributed by atoms with Crippen molar-refractivity contribution in [3.63, 3.8) is 0 Å². The van der Waals surface area contributed by atoms with Gasteiger partial charge < -0.3 is 5.32 Å². The van der Waals surface area contributed by atoms with Gasteiger partial charge in [0.2, 0.25) is 15.9 Å². The third kappa shape index (κ3) is 4.26. The number of amides is 1. The molecule has 3 aromatic rings. The van der Waals surface area contributed by atoms with Gasteiger partial charge in [0.05, 0.1) is 11.3 Å². The highest BCUT2D eigenvalue weighted by Crippen LogP contribution is 2.22. The summed E-state index contributed by atoms with van der Waals surface area (Å²) in [5.74, 6) is -0.256. The fraction of sp³-hybridized carbons (Fsp3) is 0.381. The highest BCUT2D eigenvalue weighted by Gasteiger charge is 2.25. The Balaban J connectivity index is 1.48. The number of piperidine rings is 1. The number of anilines is 1. The van der Waals surface area contributed by atoms with Crippen molar-refractivity contribution < 1.29 is 13.2 Å². The van der Waals surface area contributed by atoms with E-state index in [-0.39, 0.29) is 22.8 Å². The predicted octanol–water partition coefficient (Wildman–Crippen LogP) is 2.00. The molecule has 0 unspecified atom stereocenters. The highest BCUT2D eigenvalue weighted by atomic mass is 32.2. The molecule has 0 saturated carbocycles. The SMILES string of the molecule is Cc1nc2cc(=O)[nH]n2c(C)c1CC(=O)Nc1ccc(S(=O)(=O)N2CCCCC2)cc1. The molecule has 0 spiro atoms. The van der Waals surface area contributed by atoms with Crippen molar-refractivity contribution >= 4 is 27.3 Å². The van der Waals surface area contributed by atoms with Crippen molar-refractivity contribution in [1.82, 2.24) is 18.9 Å². The summed E-state index contributed by atoms with van der Waals surface area (Å²) >= 11 is 0. The molecule has 164 valence electrons. The number of fused-ring (bicyclic) bond motifs is 1. The fourth-order valence-electron chi connectivity index (χ4n) is 3.94. The summed E-state index contributed by atoms with van der Waals surface area (Å²) in [5.41, 5.74) is 2.91. The van der Waals surface area contributed by atoms with E-state index in [1.54, 1.807) is 23.6 Å². The van der Waals surface area contributed by atoms with Crippen molar-refractivity contribution in [1.29, 1.82) is 0 Å². The average Bonchev–Trinajstić information content (AvgIpc) is 3.12. The van der Waals surface area contributed by atoms with Crippen LogP contribution in [-0.4, -0.2) is 46.3 Å². The standard InChI is InChI=1S/C21H25N5O4S/c1-14-18(15(2)26-19(22-14)13-21(28)24-26)12-20(27)23-16-6-8-17(9-7-16)31(29,30)25-10-4-3-5-11-25/h6-9,13H,3-5,10-12H2,1-2H3,(H,23,27)(H,24,28). The van der Waals surface area contributed by atoms with Gasteiger partial charge in [-0.2, -0.15) is 4.31 Å². The Labute approximate surface area is 180 Å². The van der Waals surface area contributed by atoms with Crippen LogP contribution < -0.4 is 10.9 Å². The lowest BCUT2D eigenvalue weighted by Crippen LogP contribution is -2.35. The van der Waals surface area contributed by atoms with Crippen LogP contribution in [-0.2, 0) is 21.2 Å². The number of carbonyl (C=O) groups excluding carboxylic acids is 1. The van der Waals surface area contributed by atoms with Gasteiger partial charge >= 0.3 is 0 Å². The lowest BCUT2D eigenvalue weighted by molar-refractivity contribution is -0.115. The van der Waals surface area contributed by atoms with Crippen LogP contribution in [0, 0.1) is 13.8 Å². The quantitative estimate of drug-likeness (QED) is 0.626. The second-order valence-electron chi connectivity index (χ2n) is 7.79. The first-order valence-electron chi connectivity index (χ1n) is 10.2. The number of hydrogen-bond acceptors (Lipinski definition) is 5. The van der Waals surface area contributed by atoms with Crippen LogP contribution in [0.25, 0.3) is 5.65 Å². The molecule has 1 amide bonds. The zero-order valence-electron chi connectivity index (χ0n) is 17.5. The molecule has 0 bridgehead atoms. The number of sulfonamides is 1. The number of aryl methyl sites for hydroxylation is 2. The molecular formula is C21H25N5O4S. The molecular weight excluding hydrogens is 418 g/mol. The summed E-state index contributed by atoms with van der Waals surface area (Å²) in [6, 6.07) is 7.64. The van der Waals surface area contributed by atoms with Gasteiger partial charge in [-0.15, -0.1) is 0 Å². The summed E-state index contributed by atoms with van der Waals surface area (Å²) in [4.78, 5) is 28.8. The third-order valence-corrected chi connectivity index (χ3v) is 7.54. The van der Waals surface area contributed by atoms with Crippen LogP contribution in [0.3, 0.4) is 0 Å². The smallest absolute Gasteiger partial charge is 0.266 e.